The van der Waals surface area contributed by atoms with E-state index in [4.69, 9.17) is 11.6 Å². The highest BCUT2D eigenvalue weighted by Gasteiger charge is 2.11. The van der Waals surface area contributed by atoms with Crippen LogP contribution in [-0.2, 0) is 4.79 Å². The van der Waals surface area contributed by atoms with E-state index in [1.807, 2.05) is 24.3 Å². The van der Waals surface area contributed by atoms with E-state index >= 15 is 0 Å². The molecule has 0 saturated carbocycles. The molecule has 0 bridgehead atoms. The van der Waals surface area contributed by atoms with E-state index in [9.17, 15) is 10.1 Å². The molecule has 0 unspecified atom stereocenters. The molecule has 0 aliphatic rings. The van der Waals surface area contributed by atoms with E-state index < -0.39 is 5.91 Å². The molecule has 0 atom stereocenters. The van der Waals surface area contributed by atoms with Gasteiger partial charge in [-0.05, 0) is 42.8 Å². The van der Waals surface area contributed by atoms with Crippen LogP contribution < -0.4 is 10.6 Å². The third kappa shape index (κ3) is 3.62. The summed E-state index contributed by atoms with van der Waals surface area (Å²) in [5.41, 5.74) is 3.69. The molecular weight excluding hydrogens is 338 g/mol. The molecule has 0 aliphatic heterocycles. The number of hydrogen-bond acceptors (Lipinski definition) is 4. The Kier molecular flexibility index (Phi) is 4.68. The Hall–Kier alpha value is -3.30. The number of halogens is 1. The van der Waals surface area contributed by atoms with Crippen LogP contribution in [0.4, 0.5) is 11.4 Å². The highest BCUT2D eigenvalue weighted by molar-refractivity contribution is 6.31. The Bertz CT molecular complexity index is 1020. The van der Waals surface area contributed by atoms with Gasteiger partial charge in [-0.3, -0.25) is 4.79 Å². The number of hydrogen-bond donors (Lipinski definition) is 3. The van der Waals surface area contributed by atoms with Gasteiger partial charge in [-0.25, -0.2) is 4.98 Å². The van der Waals surface area contributed by atoms with E-state index in [1.165, 1.54) is 6.20 Å². The molecule has 3 rings (SSSR count). The molecule has 0 spiro atoms. The average Bonchev–Trinajstić information content (AvgIpc) is 3.07. The van der Waals surface area contributed by atoms with Gasteiger partial charge in [-0.2, -0.15) is 5.26 Å². The summed E-state index contributed by atoms with van der Waals surface area (Å²) in [5, 5.41) is 15.4. The second kappa shape index (κ2) is 7.07. The summed E-state index contributed by atoms with van der Waals surface area (Å²) in [4.78, 5) is 19.4. The van der Waals surface area contributed by atoms with Crippen molar-refractivity contribution >= 4 is 39.9 Å². The monoisotopic (exact) mass is 351 g/mol. The number of nitrogens with zero attached hydrogens (tertiary/aromatic N) is 2. The third-order valence-corrected chi connectivity index (χ3v) is 4.09. The first-order chi connectivity index (χ1) is 12.1. The van der Waals surface area contributed by atoms with Crippen LogP contribution >= 0.6 is 11.6 Å². The van der Waals surface area contributed by atoms with Crippen LogP contribution in [0.2, 0.25) is 5.02 Å². The summed E-state index contributed by atoms with van der Waals surface area (Å²) in [6.07, 6.45) is 2.97. The summed E-state index contributed by atoms with van der Waals surface area (Å²) in [6.45, 7) is 1.80. The van der Waals surface area contributed by atoms with Crippen molar-refractivity contribution < 1.29 is 4.79 Å². The number of imidazole rings is 1. The summed E-state index contributed by atoms with van der Waals surface area (Å²) in [7, 11) is 0. The molecule has 6 nitrogen and oxygen atoms in total. The Morgan fingerprint density at radius 3 is 3.00 bits per heavy atom. The molecule has 7 heteroatoms. The number of amides is 1. The minimum absolute atomic E-state index is 0.0518. The summed E-state index contributed by atoms with van der Waals surface area (Å²) < 4.78 is 0. The van der Waals surface area contributed by atoms with Gasteiger partial charge in [0.1, 0.15) is 11.6 Å². The Labute approximate surface area is 149 Å². The number of benzene rings is 2. The first-order valence-corrected chi connectivity index (χ1v) is 7.82. The largest absolute Gasteiger partial charge is 0.360 e. The van der Waals surface area contributed by atoms with Gasteiger partial charge in [0, 0.05) is 22.6 Å². The molecule has 3 aromatic rings. The number of nitriles is 1. The molecule has 1 aromatic heterocycles. The van der Waals surface area contributed by atoms with Crippen molar-refractivity contribution in [3.05, 3.63) is 65.1 Å². The lowest BCUT2D eigenvalue weighted by molar-refractivity contribution is -0.112. The number of nitrogens with one attached hydrogen (secondary N) is 3. The highest BCUT2D eigenvalue weighted by Crippen LogP contribution is 2.23. The lowest BCUT2D eigenvalue weighted by Gasteiger charge is -2.09. The number of aromatic nitrogens is 2. The number of carbonyl (C=O) groups is 1. The van der Waals surface area contributed by atoms with E-state index in [0.29, 0.717) is 10.7 Å². The van der Waals surface area contributed by atoms with Crippen LogP contribution in [0, 0.1) is 18.3 Å². The molecular formula is C18H14ClN5O. The maximum Gasteiger partial charge on any atom is 0.267 e. The van der Waals surface area contributed by atoms with Crippen LogP contribution in [0.3, 0.4) is 0 Å². The zero-order chi connectivity index (χ0) is 17.8. The number of carbonyl (C=O) groups excluding carboxylic acids is 1. The summed E-state index contributed by atoms with van der Waals surface area (Å²) in [6, 6.07) is 12.6. The molecule has 124 valence electrons. The molecule has 0 saturated heterocycles. The van der Waals surface area contributed by atoms with Gasteiger partial charge in [0.15, 0.2) is 0 Å². The fraction of sp³-hybridized carbons (Fsp3) is 0.0556. The van der Waals surface area contributed by atoms with Crippen molar-refractivity contribution in [2.45, 2.75) is 6.92 Å². The Morgan fingerprint density at radius 2 is 2.20 bits per heavy atom. The standard InChI is InChI=1S/C18H14ClN5O/c1-11-14(19)3-2-4-15(11)24-18(25)12(8-20)9-21-13-5-6-16-17(7-13)23-10-22-16/h2-7,9-10,21H,1H3,(H,22,23)(H,24,25)/b12-9-. The van der Waals surface area contributed by atoms with E-state index in [-0.39, 0.29) is 5.57 Å². The first kappa shape index (κ1) is 16.6. The fourth-order valence-corrected chi connectivity index (χ4v) is 2.44. The van der Waals surface area contributed by atoms with Gasteiger partial charge in [-0.1, -0.05) is 17.7 Å². The van der Waals surface area contributed by atoms with Crippen molar-refractivity contribution in [2.24, 2.45) is 0 Å². The van der Waals surface area contributed by atoms with Gasteiger partial charge in [0.25, 0.3) is 5.91 Å². The zero-order valence-corrected chi connectivity index (χ0v) is 14.1. The first-order valence-electron chi connectivity index (χ1n) is 7.45. The van der Waals surface area contributed by atoms with Gasteiger partial charge in [-0.15, -0.1) is 0 Å². The van der Waals surface area contributed by atoms with Crippen molar-refractivity contribution in [1.82, 2.24) is 9.97 Å². The van der Waals surface area contributed by atoms with Crippen LogP contribution in [0.25, 0.3) is 11.0 Å². The lowest BCUT2D eigenvalue weighted by Crippen LogP contribution is -2.15. The molecule has 3 N–H and O–H groups in total. The van der Waals surface area contributed by atoms with Crippen molar-refractivity contribution in [2.75, 3.05) is 10.6 Å². The van der Waals surface area contributed by atoms with Crippen LogP contribution in [0.5, 0.6) is 0 Å². The van der Waals surface area contributed by atoms with Gasteiger partial charge < -0.3 is 15.6 Å². The second-order valence-electron chi connectivity index (χ2n) is 5.32. The van der Waals surface area contributed by atoms with Crippen molar-refractivity contribution in [1.29, 1.82) is 5.26 Å². The normalized spacial score (nSPS) is 11.2. The molecule has 0 radical (unpaired) electrons. The van der Waals surface area contributed by atoms with Crippen molar-refractivity contribution in [3.8, 4) is 6.07 Å². The van der Waals surface area contributed by atoms with Crippen LogP contribution in [0.1, 0.15) is 5.56 Å². The maximum absolute atomic E-state index is 12.3. The molecule has 1 amide bonds. The topological polar surface area (TPSA) is 93.6 Å². The van der Waals surface area contributed by atoms with Gasteiger partial charge >= 0.3 is 0 Å². The Balaban J connectivity index is 1.76. The van der Waals surface area contributed by atoms with Gasteiger partial charge in [0.05, 0.1) is 17.4 Å². The van der Waals surface area contributed by atoms with Crippen LogP contribution in [0.15, 0.2) is 54.5 Å². The maximum atomic E-state index is 12.3. The highest BCUT2D eigenvalue weighted by atomic mass is 35.5. The summed E-state index contributed by atoms with van der Waals surface area (Å²) >= 11 is 6.04. The number of aromatic amines is 1. The predicted octanol–water partition coefficient (Wildman–Crippen LogP) is 3.98. The fourth-order valence-electron chi connectivity index (χ4n) is 2.26. The predicted molar refractivity (Wildman–Crippen MR) is 98.2 cm³/mol. The minimum atomic E-state index is -0.511. The van der Waals surface area contributed by atoms with E-state index in [2.05, 4.69) is 20.6 Å². The van der Waals surface area contributed by atoms with Gasteiger partial charge in [0.2, 0.25) is 0 Å². The Morgan fingerprint density at radius 1 is 1.36 bits per heavy atom. The molecule has 0 fully saturated rings. The van der Waals surface area contributed by atoms with E-state index in [0.717, 1.165) is 22.3 Å². The SMILES string of the molecule is Cc1c(Cl)cccc1NC(=O)/C(C#N)=C\Nc1ccc2nc[nH]c2c1. The third-order valence-electron chi connectivity index (χ3n) is 3.68. The quantitative estimate of drug-likeness (QED) is 0.489. The summed E-state index contributed by atoms with van der Waals surface area (Å²) in [5.74, 6) is -0.511. The van der Waals surface area contributed by atoms with Crippen molar-refractivity contribution in [3.63, 3.8) is 0 Å². The number of rotatable bonds is 4. The zero-order valence-electron chi connectivity index (χ0n) is 13.3. The number of anilines is 2. The molecule has 0 aliphatic carbocycles. The average molecular weight is 352 g/mol. The molecule has 2 aromatic carbocycles. The van der Waals surface area contributed by atoms with E-state index in [1.54, 1.807) is 31.5 Å². The second-order valence-corrected chi connectivity index (χ2v) is 5.72. The molecule has 1 heterocycles. The number of fused-ring (bicyclic) bond motifs is 1. The minimum Gasteiger partial charge on any atom is -0.360 e. The number of H-pyrrole nitrogens is 1. The van der Waals surface area contributed by atoms with Crippen LogP contribution in [-0.4, -0.2) is 15.9 Å². The molecule has 25 heavy (non-hydrogen) atoms. The smallest absolute Gasteiger partial charge is 0.267 e. The lowest BCUT2D eigenvalue weighted by atomic mass is 10.2.